The van der Waals surface area contributed by atoms with E-state index in [1.807, 2.05) is 0 Å². The van der Waals surface area contributed by atoms with Crippen LogP contribution in [0.2, 0.25) is 0 Å². The minimum absolute atomic E-state index is 0.00453. The normalized spacial score (nSPS) is 11.3. The van der Waals surface area contributed by atoms with E-state index >= 15 is 0 Å². The number of ether oxygens (including phenoxy) is 1. The van der Waals surface area contributed by atoms with Gasteiger partial charge < -0.3 is 9.84 Å². The van der Waals surface area contributed by atoms with E-state index in [0.29, 0.717) is 6.61 Å². The summed E-state index contributed by atoms with van der Waals surface area (Å²) in [5, 5.41) is 8.87. The van der Waals surface area contributed by atoms with Crippen LogP contribution >= 0.6 is 0 Å². The molecule has 2 N–H and O–H groups in total. The molecule has 0 amide bonds. The predicted molar refractivity (Wildman–Crippen MR) is 67.3 cm³/mol. The highest BCUT2D eigenvalue weighted by Crippen LogP contribution is 2.18. The fourth-order valence-electron chi connectivity index (χ4n) is 1.31. The highest BCUT2D eigenvalue weighted by Gasteiger charge is 2.17. The van der Waals surface area contributed by atoms with Gasteiger partial charge in [-0.2, -0.15) is 0 Å². The maximum absolute atomic E-state index is 12.9. The van der Waals surface area contributed by atoms with Crippen LogP contribution in [-0.2, 0) is 14.8 Å². The zero-order valence-corrected chi connectivity index (χ0v) is 11.0. The third kappa shape index (κ3) is 4.84. The number of hydrogen-bond acceptors (Lipinski definition) is 4. The standard InChI is InChI=1S/C11H14FNO5S/c1-2-18-5-6-19(16,17)13-10-4-3-8(12)7-9(10)11(14)15/h3-4,7,13H,2,5-6H2,1H3,(H,14,15). The predicted octanol–water partition coefficient (Wildman–Crippen LogP) is 1.30. The monoisotopic (exact) mass is 291 g/mol. The van der Waals surface area contributed by atoms with Gasteiger partial charge in [0.15, 0.2) is 0 Å². The Bertz CT molecular complexity index is 558. The SMILES string of the molecule is CCOCCS(=O)(=O)Nc1ccc(F)cc1C(=O)O. The number of aromatic carboxylic acids is 1. The molecule has 0 radical (unpaired) electrons. The second-order valence-electron chi connectivity index (χ2n) is 3.61. The zero-order valence-electron chi connectivity index (χ0n) is 10.2. The van der Waals surface area contributed by atoms with Crippen LogP contribution in [0.4, 0.5) is 10.1 Å². The van der Waals surface area contributed by atoms with Crippen LogP contribution < -0.4 is 4.72 Å². The third-order valence-electron chi connectivity index (χ3n) is 2.18. The smallest absolute Gasteiger partial charge is 0.337 e. The van der Waals surface area contributed by atoms with Gasteiger partial charge >= 0.3 is 5.97 Å². The first-order chi connectivity index (χ1) is 8.85. The first-order valence-electron chi connectivity index (χ1n) is 5.47. The van der Waals surface area contributed by atoms with Gasteiger partial charge in [0.1, 0.15) is 5.82 Å². The van der Waals surface area contributed by atoms with Gasteiger partial charge in [-0.05, 0) is 25.1 Å². The maximum Gasteiger partial charge on any atom is 0.337 e. The Morgan fingerprint density at radius 1 is 1.47 bits per heavy atom. The third-order valence-corrected chi connectivity index (χ3v) is 3.41. The maximum atomic E-state index is 12.9. The van der Waals surface area contributed by atoms with E-state index in [0.717, 1.165) is 18.2 Å². The Hall–Kier alpha value is -1.67. The Morgan fingerprint density at radius 2 is 2.16 bits per heavy atom. The summed E-state index contributed by atoms with van der Waals surface area (Å²) in [6.45, 7) is 2.10. The van der Waals surface area contributed by atoms with Crippen molar-refractivity contribution in [1.29, 1.82) is 0 Å². The molecular formula is C11H14FNO5S. The summed E-state index contributed by atoms with van der Waals surface area (Å²) in [5.74, 6) is -2.48. The number of carboxylic acid groups (broad SMARTS) is 1. The molecule has 6 nitrogen and oxygen atoms in total. The molecule has 0 atom stereocenters. The van der Waals surface area contributed by atoms with Gasteiger partial charge in [-0.15, -0.1) is 0 Å². The molecule has 1 aromatic rings. The fourth-order valence-corrected chi connectivity index (χ4v) is 2.27. The van der Waals surface area contributed by atoms with Gasteiger partial charge in [-0.3, -0.25) is 4.72 Å². The van der Waals surface area contributed by atoms with E-state index in [9.17, 15) is 17.6 Å². The molecule has 0 aliphatic rings. The zero-order chi connectivity index (χ0) is 14.5. The first kappa shape index (κ1) is 15.4. The summed E-state index contributed by atoms with van der Waals surface area (Å²) < 4.78 is 43.2. The van der Waals surface area contributed by atoms with E-state index < -0.39 is 27.4 Å². The van der Waals surface area contributed by atoms with E-state index in [-0.39, 0.29) is 18.0 Å². The molecule has 0 saturated heterocycles. The van der Waals surface area contributed by atoms with Crippen molar-refractivity contribution < 1.29 is 27.4 Å². The van der Waals surface area contributed by atoms with E-state index in [4.69, 9.17) is 9.84 Å². The summed E-state index contributed by atoms with van der Waals surface area (Å²) in [5.41, 5.74) is -0.620. The first-order valence-corrected chi connectivity index (χ1v) is 7.12. The number of rotatable bonds is 7. The summed E-state index contributed by atoms with van der Waals surface area (Å²) in [4.78, 5) is 10.9. The number of benzene rings is 1. The summed E-state index contributed by atoms with van der Waals surface area (Å²) in [7, 11) is -3.74. The molecule has 8 heteroatoms. The number of nitrogens with one attached hydrogen (secondary N) is 1. The average molecular weight is 291 g/mol. The van der Waals surface area contributed by atoms with E-state index in [2.05, 4.69) is 4.72 Å². The molecule has 0 unspecified atom stereocenters. The summed E-state index contributed by atoms with van der Waals surface area (Å²) in [6.07, 6.45) is 0. The lowest BCUT2D eigenvalue weighted by Crippen LogP contribution is -2.21. The van der Waals surface area contributed by atoms with Crippen LogP contribution in [0, 0.1) is 5.82 Å². The Labute approximate surface area is 110 Å². The molecule has 0 saturated carbocycles. The van der Waals surface area contributed by atoms with Crippen molar-refractivity contribution in [2.75, 3.05) is 23.7 Å². The number of sulfonamides is 1. The molecule has 106 valence electrons. The molecule has 1 rings (SSSR count). The molecule has 0 aliphatic heterocycles. The number of anilines is 1. The second kappa shape index (κ2) is 6.48. The Kier molecular flexibility index (Phi) is 5.25. The second-order valence-corrected chi connectivity index (χ2v) is 5.45. The van der Waals surface area contributed by atoms with Crippen LogP contribution in [0.25, 0.3) is 0 Å². The van der Waals surface area contributed by atoms with Crippen LogP contribution in [0.1, 0.15) is 17.3 Å². The molecule has 0 aromatic heterocycles. The topological polar surface area (TPSA) is 92.7 Å². The van der Waals surface area contributed by atoms with Gasteiger partial charge in [0, 0.05) is 6.61 Å². The van der Waals surface area contributed by atoms with Crippen molar-refractivity contribution in [3.05, 3.63) is 29.6 Å². The number of hydrogen-bond donors (Lipinski definition) is 2. The Balaban J connectivity index is 2.90. The molecular weight excluding hydrogens is 277 g/mol. The summed E-state index contributed by atoms with van der Waals surface area (Å²) in [6, 6.07) is 2.80. The van der Waals surface area contributed by atoms with Gasteiger partial charge in [0.05, 0.1) is 23.6 Å². The summed E-state index contributed by atoms with van der Waals surface area (Å²) >= 11 is 0. The molecule has 1 aromatic carbocycles. The fraction of sp³-hybridized carbons (Fsp3) is 0.364. The minimum Gasteiger partial charge on any atom is -0.478 e. The van der Waals surface area contributed by atoms with Gasteiger partial charge in [-0.25, -0.2) is 17.6 Å². The largest absolute Gasteiger partial charge is 0.478 e. The lowest BCUT2D eigenvalue weighted by atomic mass is 10.2. The van der Waals surface area contributed by atoms with E-state index in [1.165, 1.54) is 0 Å². The molecule has 0 heterocycles. The van der Waals surface area contributed by atoms with Crippen molar-refractivity contribution in [3.63, 3.8) is 0 Å². The van der Waals surface area contributed by atoms with Crippen molar-refractivity contribution >= 4 is 21.7 Å². The van der Waals surface area contributed by atoms with Crippen LogP contribution in [0.5, 0.6) is 0 Å². The molecule has 0 fully saturated rings. The van der Waals surface area contributed by atoms with Crippen LogP contribution in [0.3, 0.4) is 0 Å². The number of carboxylic acids is 1. The molecule has 19 heavy (non-hydrogen) atoms. The number of halogens is 1. The van der Waals surface area contributed by atoms with Gasteiger partial charge in [-0.1, -0.05) is 0 Å². The quantitative estimate of drug-likeness (QED) is 0.739. The van der Waals surface area contributed by atoms with Crippen molar-refractivity contribution in [2.45, 2.75) is 6.92 Å². The Morgan fingerprint density at radius 3 is 2.74 bits per heavy atom. The highest BCUT2D eigenvalue weighted by molar-refractivity contribution is 7.92. The molecule has 0 spiro atoms. The molecule has 0 bridgehead atoms. The van der Waals surface area contributed by atoms with Crippen molar-refractivity contribution in [2.24, 2.45) is 0 Å². The van der Waals surface area contributed by atoms with Gasteiger partial charge in [0.2, 0.25) is 10.0 Å². The van der Waals surface area contributed by atoms with Gasteiger partial charge in [0.25, 0.3) is 0 Å². The minimum atomic E-state index is -3.74. The van der Waals surface area contributed by atoms with E-state index in [1.54, 1.807) is 6.92 Å². The molecule has 0 aliphatic carbocycles. The number of carbonyl (C=O) groups is 1. The highest BCUT2D eigenvalue weighted by atomic mass is 32.2. The van der Waals surface area contributed by atoms with Crippen LogP contribution in [-0.4, -0.2) is 38.5 Å². The average Bonchev–Trinajstić information content (AvgIpc) is 2.31. The van der Waals surface area contributed by atoms with Crippen molar-refractivity contribution in [3.8, 4) is 0 Å². The van der Waals surface area contributed by atoms with Crippen LogP contribution in [0.15, 0.2) is 18.2 Å². The lowest BCUT2D eigenvalue weighted by molar-refractivity contribution is 0.0697. The van der Waals surface area contributed by atoms with Crippen molar-refractivity contribution in [1.82, 2.24) is 0 Å². The lowest BCUT2D eigenvalue weighted by Gasteiger charge is -2.10.